The first-order chi connectivity index (χ1) is 7.11. The van der Waals surface area contributed by atoms with Gasteiger partial charge in [0.25, 0.3) is 0 Å². The molecule has 1 aromatic rings. The Morgan fingerprint density at radius 3 is 2.67 bits per heavy atom. The summed E-state index contributed by atoms with van der Waals surface area (Å²) in [5, 5.41) is 13.1. The highest BCUT2D eigenvalue weighted by Crippen LogP contribution is 2.18. The van der Waals surface area contributed by atoms with Crippen LogP contribution in [0.2, 0.25) is 0 Å². The van der Waals surface area contributed by atoms with Crippen molar-refractivity contribution >= 4 is 11.5 Å². The summed E-state index contributed by atoms with van der Waals surface area (Å²) in [6.45, 7) is 4.40. The lowest BCUT2D eigenvalue weighted by molar-refractivity contribution is 0.0456. The Bertz CT molecular complexity index is 310. The fourth-order valence-corrected chi connectivity index (χ4v) is 1.31. The number of hydrogen-bond acceptors (Lipinski definition) is 4. The number of nitrogens with one attached hydrogen (secondary N) is 1. The molecule has 0 amide bonds. The molecule has 0 atom stereocenters. The zero-order valence-electron chi connectivity index (χ0n) is 9.33. The van der Waals surface area contributed by atoms with Gasteiger partial charge in [0.1, 0.15) is 5.82 Å². The van der Waals surface area contributed by atoms with E-state index in [1.165, 1.54) is 0 Å². The number of nitrogens with zero attached hydrogens (tertiary/aromatic N) is 1. The van der Waals surface area contributed by atoms with Gasteiger partial charge in [0.05, 0.1) is 11.3 Å². The molecular formula is C11H19N3O. The number of aliphatic hydroxyl groups is 1. The van der Waals surface area contributed by atoms with Crippen molar-refractivity contribution in [2.45, 2.75) is 32.3 Å². The molecule has 1 heterocycles. The number of nitrogens with two attached hydrogens (primary N) is 1. The number of rotatable bonds is 5. The van der Waals surface area contributed by atoms with Crippen molar-refractivity contribution in [1.82, 2.24) is 4.98 Å². The van der Waals surface area contributed by atoms with Crippen LogP contribution in [0.4, 0.5) is 11.5 Å². The first-order valence-corrected chi connectivity index (χ1v) is 5.28. The monoisotopic (exact) mass is 209 g/mol. The molecule has 0 aliphatic carbocycles. The highest BCUT2D eigenvalue weighted by Gasteiger charge is 2.21. The first-order valence-electron chi connectivity index (χ1n) is 5.28. The van der Waals surface area contributed by atoms with Crippen molar-refractivity contribution in [1.29, 1.82) is 0 Å². The van der Waals surface area contributed by atoms with E-state index in [9.17, 15) is 5.11 Å². The summed E-state index contributed by atoms with van der Waals surface area (Å²) in [5.41, 5.74) is 5.65. The standard InChI is InChI=1S/C11H19N3O/c1-3-11(15,4-2)8-14-10-9(12)6-5-7-13-10/h5-7,15H,3-4,8,12H2,1-2H3,(H,13,14). The number of nitrogen functional groups attached to an aromatic ring is 1. The Hall–Kier alpha value is -1.29. The van der Waals surface area contributed by atoms with Gasteiger partial charge in [0.2, 0.25) is 0 Å². The SMILES string of the molecule is CCC(O)(CC)CNc1ncccc1N. The summed E-state index contributed by atoms with van der Waals surface area (Å²) >= 11 is 0. The van der Waals surface area contributed by atoms with Crippen LogP contribution >= 0.6 is 0 Å². The highest BCUT2D eigenvalue weighted by atomic mass is 16.3. The van der Waals surface area contributed by atoms with Crippen molar-refractivity contribution in [3.05, 3.63) is 18.3 Å². The maximum absolute atomic E-state index is 10.0. The molecule has 0 bridgehead atoms. The van der Waals surface area contributed by atoms with Crippen LogP contribution in [0.3, 0.4) is 0 Å². The highest BCUT2D eigenvalue weighted by molar-refractivity contribution is 5.60. The van der Waals surface area contributed by atoms with Gasteiger partial charge in [-0.3, -0.25) is 0 Å². The van der Waals surface area contributed by atoms with Gasteiger partial charge in [0, 0.05) is 12.7 Å². The van der Waals surface area contributed by atoms with Crippen LogP contribution in [0.15, 0.2) is 18.3 Å². The van der Waals surface area contributed by atoms with Crippen LogP contribution < -0.4 is 11.1 Å². The van der Waals surface area contributed by atoms with Crippen LogP contribution in [0.5, 0.6) is 0 Å². The summed E-state index contributed by atoms with van der Waals surface area (Å²) < 4.78 is 0. The predicted molar refractivity (Wildman–Crippen MR) is 62.7 cm³/mol. The molecule has 84 valence electrons. The summed E-state index contributed by atoms with van der Waals surface area (Å²) in [5.74, 6) is 0.637. The molecule has 0 aliphatic rings. The van der Waals surface area contributed by atoms with E-state index in [1.807, 2.05) is 13.8 Å². The van der Waals surface area contributed by atoms with E-state index in [2.05, 4.69) is 10.3 Å². The third-order valence-electron chi connectivity index (χ3n) is 2.74. The Morgan fingerprint density at radius 2 is 2.13 bits per heavy atom. The summed E-state index contributed by atoms with van der Waals surface area (Å²) in [6, 6.07) is 3.57. The number of hydrogen-bond donors (Lipinski definition) is 3. The second-order valence-electron chi connectivity index (χ2n) is 3.73. The van der Waals surface area contributed by atoms with E-state index in [4.69, 9.17) is 5.73 Å². The zero-order valence-corrected chi connectivity index (χ0v) is 9.33. The molecular weight excluding hydrogens is 190 g/mol. The van der Waals surface area contributed by atoms with E-state index >= 15 is 0 Å². The van der Waals surface area contributed by atoms with Crippen LogP contribution in [-0.2, 0) is 0 Å². The van der Waals surface area contributed by atoms with E-state index in [1.54, 1.807) is 18.3 Å². The summed E-state index contributed by atoms with van der Waals surface area (Å²) in [4.78, 5) is 4.10. The molecule has 1 rings (SSSR count). The molecule has 0 aromatic carbocycles. The molecule has 0 unspecified atom stereocenters. The fourth-order valence-electron chi connectivity index (χ4n) is 1.31. The van der Waals surface area contributed by atoms with Crippen LogP contribution in [-0.4, -0.2) is 22.2 Å². The lowest BCUT2D eigenvalue weighted by Gasteiger charge is -2.25. The van der Waals surface area contributed by atoms with Crippen molar-refractivity contribution in [2.75, 3.05) is 17.6 Å². The van der Waals surface area contributed by atoms with Gasteiger partial charge in [0.15, 0.2) is 0 Å². The second kappa shape index (κ2) is 4.98. The third kappa shape index (κ3) is 3.09. The molecule has 0 radical (unpaired) electrons. The van der Waals surface area contributed by atoms with Crippen LogP contribution in [0.25, 0.3) is 0 Å². The normalized spacial score (nSPS) is 11.4. The lowest BCUT2D eigenvalue weighted by atomic mass is 9.98. The van der Waals surface area contributed by atoms with Gasteiger partial charge in [-0.05, 0) is 25.0 Å². The van der Waals surface area contributed by atoms with E-state index < -0.39 is 5.60 Å². The maximum Gasteiger partial charge on any atom is 0.149 e. The average molecular weight is 209 g/mol. The van der Waals surface area contributed by atoms with E-state index in [-0.39, 0.29) is 0 Å². The molecule has 4 N–H and O–H groups in total. The van der Waals surface area contributed by atoms with Crippen molar-refractivity contribution in [3.63, 3.8) is 0 Å². The molecule has 4 heteroatoms. The first kappa shape index (κ1) is 11.8. The molecule has 4 nitrogen and oxygen atoms in total. The Morgan fingerprint density at radius 1 is 1.47 bits per heavy atom. The second-order valence-corrected chi connectivity index (χ2v) is 3.73. The molecule has 0 saturated heterocycles. The van der Waals surface area contributed by atoms with Gasteiger partial charge in [-0.25, -0.2) is 4.98 Å². The van der Waals surface area contributed by atoms with Gasteiger partial charge < -0.3 is 16.2 Å². The predicted octanol–water partition coefficient (Wildman–Crippen LogP) is 1.63. The molecule has 15 heavy (non-hydrogen) atoms. The summed E-state index contributed by atoms with van der Waals surface area (Å²) in [7, 11) is 0. The van der Waals surface area contributed by atoms with E-state index in [0.29, 0.717) is 30.9 Å². The Balaban J connectivity index is 2.61. The van der Waals surface area contributed by atoms with Crippen molar-refractivity contribution < 1.29 is 5.11 Å². The van der Waals surface area contributed by atoms with Gasteiger partial charge in [-0.2, -0.15) is 0 Å². The summed E-state index contributed by atoms with van der Waals surface area (Å²) in [6.07, 6.45) is 3.10. The van der Waals surface area contributed by atoms with Crippen LogP contribution in [0, 0.1) is 0 Å². The lowest BCUT2D eigenvalue weighted by Crippen LogP contribution is -2.35. The maximum atomic E-state index is 10.0. The quantitative estimate of drug-likeness (QED) is 0.689. The topological polar surface area (TPSA) is 71.2 Å². The minimum atomic E-state index is -0.677. The van der Waals surface area contributed by atoms with Crippen molar-refractivity contribution in [2.24, 2.45) is 0 Å². The van der Waals surface area contributed by atoms with Gasteiger partial charge >= 0.3 is 0 Å². The molecule has 1 aromatic heterocycles. The van der Waals surface area contributed by atoms with Crippen LogP contribution in [0.1, 0.15) is 26.7 Å². The number of anilines is 2. The zero-order chi connectivity index (χ0) is 11.3. The smallest absolute Gasteiger partial charge is 0.149 e. The van der Waals surface area contributed by atoms with E-state index in [0.717, 1.165) is 0 Å². The largest absolute Gasteiger partial charge is 0.396 e. The molecule has 0 aliphatic heterocycles. The van der Waals surface area contributed by atoms with Gasteiger partial charge in [-0.15, -0.1) is 0 Å². The molecule has 0 spiro atoms. The molecule has 0 fully saturated rings. The minimum Gasteiger partial charge on any atom is -0.396 e. The number of pyridine rings is 1. The third-order valence-corrected chi connectivity index (χ3v) is 2.74. The molecule has 0 saturated carbocycles. The Kier molecular flexibility index (Phi) is 3.91. The fraction of sp³-hybridized carbons (Fsp3) is 0.545. The average Bonchev–Trinajstić information content (AvgIpc) is 2.28. The van der Waals surface area contributed by atoms with Gasteiger partial charge in [-0.1, -0.05) is 13.8 Å². The minimum absolute atomic E-state index is 0.473. The Labute approximate surface area is 90.5 Å². The van der Waals surface area contributed by atoms with Crippen molar-refractivity contribution in [3.8, 4) is 0 Å². The number of aromatic nitrogens is 1.